The van der Waals surface area contributed by atoms with Gasteiger partial charge in [-0.1, -0.05) is 28.1 Å². The Morgan fingerprint density at radius 1 is 1.10 bits per heavy atom. The Bertz CT molecular complexity index is 633. The van der Waals surface area contributed by atoms with Crippen molar-refractivity contribution < 1.29 is 9.59 Å². The molecular weight excluding hydrogens is 338 g/mol. The molecule has 1 aromatic heterocycles. The molecule has 1 N–H and O–H groups in total. The molecule has 0 aliphatic carbocycles. The highest BCUT2D eigenvalue weighted by Crippen LogP contribution is 2.37. The number of hydrogen-bond donors (Lipinski definition) is 1. The first kappa shape index (κ1) is 13.5. The zero-order chi connectivity index (χ0) is 14.2. The third-order valence-electron chi connectivity index (χ3n) is 3.52. The van der Waals surface area contributed by atoms with Gasteiger partial charge in [-0.15, -0.1) is 0 Å². The molecule has 3 nitrogen and oxygen atoms in total. The number of thiophene rings is 1. The van der Waals surface area contributed by atoms with Crippen LogP contribution in [0.1, 0.15) is 24.0 Å². The first-order valence-electron chi connectivity index (χ1n) is 6.21. The fourth-order valence-electron chi connectivity index (χ4n) is 2.62. The smallest absolute Gasteiger partial charge is 0.228 e. The van der Waals surface area contributed by atoms with Gasteiger partial charge in [0.1, 0.15) is 5.78 Å². The largest absolute Gasteiger partial charge is 0.342 e. The van der Waals surface area contributed by atoms with Gasteiger partial charge in [0.2, 0.25) is 5.91 Å². The molecule has 2 heterocycles. The second-order valence-corrected chi connectivity index (χ2v) is 6.56. The number of carbonyl (C=O) groups is 2. The van der Waals surface area contributed by atoms with Crippen LogP contribution in [0.15, 0.2) is 45.6 Å². The highest BCUT2D eigenvalue weighted by Gasteiger charge is 2.42. The van der Waals surface area contributed by atoms with Crippen LogP contribution in [0, 0.1) is 0 Å². The summed E-state index contributed by atoms with van der Waals surface area (Å²) in [6.07, 6.45) is 0.277. The van der Waals surface area contributed by atoms with Crippen LogP contribution in [-0.2, 0) is 15.1 Å². The molecule has 1 unspecified atom stereocenters. The van der Waals surface area contributed by atoms with Crippen molar-refractivity contribution >= 4 is 39.0 Å². The summed E-state index contributed by atoms with van der Waals surface area (Å²) in [5.41, 5.74) is 1.17. The molecule has 0 radical (unpaired) electrons. The predicted octanol–water partition coefficient (Wildman–Crippen LogP) is 3.23. The van der Waals surface area contributed by atoms with Crippen molar-refractivity contribution in [3.8, 4) is 0 Å². The van der Waals surface area contributed by atoms with Crippen molar-refractivity contribution in [2.75, 3.05) is 0 Å². The van der Waals surface area contributed by atoms with Gasteiger partial charge in [-0.3, -0.25) is 9.59 Å². The minimum Gasteiger partial charge on any atom is -0.342 e. The van der Waals surface area contributed by atoms with Crippen molar-refractivity contribution in [1.29, 1.82) is 0 Å². The van der Waals surface area contributed by atoms with Gasteiger partial charge in [-0.25, -0.2) is 0 Å². The van der Waals surface area contributed by atoms with Gasteiger partial charge in [0.25, 0.3) is 0 Å². The number of amides is 1. The predicted molar refractivity (Wildman–Crippen MR) is 81.6 cm³/mol. The third-order valence-corrected chi connectivity index (χ3v) is 4.74. The standard InChI is InChI=1S/C15H12BrNO2S/c16-12-3-1-10(2-4-12)15(11-5-6-20-9-11)8-13(18)7-14(19)17-15/h1-6,9H,7-8H2,(H,17,19). The number of rotatable bonds is 2. The van der Waals surface area contributed by atoms with Gasteiger partial charge < -0.3 is 5.32 Å². The van der Waals surface area contributed by atoms with E-state index in [0.717, 1.165) is 15.6 Å². The highest BCUT2D eigenvalue weighted by atomic mass is 79.9. The van der Waals surface area contributed by atoms with Crippen LogP contribution < -0.4 is 5.32 Å². The van der Waals surface area contributed by atoms with Crippen LogP contribution in [0.25, 0.3) is 0 Å². The normalized spacial score (nSPS) is 22.6. The van der Waals surface area contributed by atoms with Crippen LogP contribution in [-0.4, -0.2) is 11.7 Å². The average molecular weight is 350 g/mol. The number of nitrogens with one attached hydrogen (secondary N) is 1. The van der Waals surface area contributed by atoms with E-state index in [9.17, 15) is 9.59 Å². The maximum absolute atomic E-state index is 12.0. The summed E-state index contributed by atoms with van der Waals surface area (Å²) in [5.74, 6) is -0.238. The van der Waals surface area contributed by atoms with Crippen LogP contribution in [0.3, 0.4) is 0 Å². The van der Waals surface area contributed by atoms with Gasteiger partial charge in [0.15, 0.2) is 0 Å². The van der Waals surface area contributed by atoms with Gasteiger partial charge in [0.05, 0.1) is 12.0 Å². The summed E-state index contributed by atoms with van der Waals surface area (Å²) >= 11 is 4.97. The number of hydrogen-bond acceptors (Lipinski definition) is 3. The molecule has 1 saturated heterocycles. The van der Waals surface area contributed by atoms with Crippen molar-refractivity contribution in [1.82, 2.24) is 5.32 Å². The van der Waals surface area contributed by atoms with E-state index >= 15 is 0 Å². The number of benzene rings is 1. The molecule has 1 aromatic carbocycles. The Morgan fingerprint density at radius 3 is 2.45 bits per heavy atom. The number of piperidine rings is 1. The molecule has 5 heteroatoms. The van der Waals surface area contributed by atoms with Crippen molar-refractivity contribution in [2.45, 2.75) is 18.4 Å². The van der Waals surface area contributed by atoms with E-state index in [1.807, 2.05) is 41.1 Å². The Balaban J connectivity index is 2.15. The minimum absolute atomic E-state index is 0.0251. The van der Waals surface area contributed by atoms with E-state index in [-0.39, 0.29) is 18.1 Å². The van der Waals surface area contributed by atoms with Crippen molar-refractivity contribution in [3.63, 3.8) is 0 Å². The molecule has 3 rings (SSSR count). The lowest BCUT2D eigenvalue weighted by molar-refractivity contribution is -0.133. The minimum atomic E-state index is -0.729. The molecule has 1 aliphatic rings. The molecular formula is C15H12BrNO2S. The second-order valence-electron chi connectivity index (χ2n) is 4.86. The lowest BCUT2D eigenvalue weighted by atomic mass is 9.77. The molecule has 102 valence electrons. The van der Waals surface area contributed by atoms with Gasteiger partial charge >= 0.3 is 0 Å². The monoisotopic (exact) mass is 349 g/mol. The summed E-state index contributed by atoms with van der Waals surface area (Å²) < 4.78 is 0.968. The summed E-state index contributed by atoms with van der Waals surface area (Å²) in [5, 5.41) is 6.98. The molecule has 0 bridgehead atoms. The van der Waals surface area contributed by atoms with Crippen molar-refractivity contribution in [2.24, 2.45) is 0 Å². The number of Topliss-reactive ketones (excluding diaryl/α,β-unsaturated/α-hetero) is 1. The molecule has 0 saturated carbocycles. The van der Waals surface area contributed by atoms with Crippen LogP contribution in [0.2, 0.25) is 0 Å². The Kier molecular flexibility index (Phi) is 3.48. The van der Waals surface area contributed by atoms with Crippen LogP contribution >= 0.6 is 27.3 Å². The lowest BCUT2D eigenvalue weighted by Crippen LogP contribution is -2.52. The van der Waals surface area contributed by atoms with Gasteiger partial charge in [-0.05, 0) is 40.1 Å². The van der Waals surface area contributed by atoms with Gasteiger partial charge in [-0.2, -0.15) is 11.3 Å². The first-order valence-corrected chi connectivity index (χ1v) is 7.95. The zero-order valence-electron chi connectivity index (χ0n) is 10.6. The molecule has 2 aromatic rings. The quantitative estimate of drug-likeness (QED) is 0.846. The van der Waals surface area contributed by atoms with E-state index < -0.39 is 5.54 Å². The number of ketones is 1. The molecule has 0 spiro atoms. The fourth-order valence-corrected chi connectivity index (χ4v) is 3.62. The summed E-state index contributed by atoms with van der Waals surface area (Å²) in [7, 11) is 0. The van der Waals surface area contributed by atoms with Crippen molar-refractivity contribution in [3.05, 3.63) is 56.7 Å². The summed E-state index contributed by atoms with van der Waals surface area (Å²) in [6.45, 7) is 0. The Hall–Kier alpha value is -1.46. The van der Waals surface area contributed by atoms with E-state index in [4.69, 9.17) is 0 Å². The Morgan fingerprint density at radius 2 is 1.85 bits per heavy atom. The maximum Gasteiger partial charge on any atom is 0.228 e. The second kappa shape index (κ2) is 5.14. The van der Waals surface area contributed by atoms with Crippen LogP contribution in [0.5, 0.6) is 0 Å². The fraction of sp³-hybridized carbons (Fsp3) is 0.200. The van der Waals surface area contributed by atoms with E-state index in [0.29, 0.717) is 6.42 Å². The van der Waals surface area contributed by atoms with Crippen LogP contribution in [0.4, 0.5) is 0 Å². The molecule has 1 aliphatic heterocycles. The topological polar surface area (TPSA) is 46.2 Å². The molecule has 20 heavy (non-hydrogen) atoms. The summed E-state index contributed by atoms with van der Waals surface area (Å²) in [4.78, 5) is 23.8. The first-order chi connectivity index (χ1) is 9.60. The highest BCUT2D eigenvalue weighted by molar-refractivity contribution is 9.10. The number of carbonyl (C=O) groups excluding carboxylic acids is 2. The number of halogens is 1. The average Bonchev–Trinajstić information content (AvgIpc) is 2.92. The third kappa shape index (κ3) is 2.31. The lowest BCUT2D eigenvalue weighted by Gasteiger charge is -2.37. The molecule has 1 atom stereocenters. The zero-order valence-corrected chi connectivity index (χ0v) is 13.0. The van der Waals surface area contributed by atoms with Gasteiger partial charge in [0, 0.05) is 10.9 Å². The Labute approximate surface area is 129 Å². The SMILES string of the molecule is O=C1CC(=O)NC(c2ccc(Br)cc2)(c2ccsc2)C1. The molecule has 1 amide bonds. The maximum atomic E-state index is 12.0. The molecule has 1 fully saturated rings. The summed E-state index contributed by atoms with van der Waals surface area (Å²) in [6, 6.07) is 9.70. The van der Waals surface area contributed by atoms with E-state index in [1.54, 1.807) is 11.3 Å². The van der Waals surface area contributed by atoms with E-state index in [2.05, 4.69) is 21.2 Å². The van der Waals surface area contributed by atoms with E-state index in [1.165, 1.54) is 0 Å².